The van der Waals surface area contributed by atoms with Crippen LogP contribution in [0, 0.1) is 35.5 Å². The molecular formula is C10H11NO7. The van der Waals surface area contributed by atoms with E-state index in [4.69, 9.17) is 21.1 Å². The van der Waals surface area contributed by atoms with Gasteiger partial charge in [0, 0.05) is 0 Å². The number of nitrogens with two attached hydrogens (primary N) is 1. The summed E-state index contributed by atoms with van der Waals surface area (Å²) in [6.07, 6.45) is 0. The fraction of sp³-hybridized carbons (Fsp3) is 0.600. The third-order valence-corrected chi connectivity index (χ3v) is 3.78. The maximum absolute atomic E-state index is 11.0. The maximum atomic E-state index is 11.0. The molecule has 8 heteroatoms. The molecule has 2 fully saturated rings. The highest BCUT2D eigenvalue weighted by Gasteiger charge is 2.74. The Bertz CT molecular complexity index is 377. The molecule has 1 amide bonds. The third-order valence-electron chi connectivity index (χ3n) is 3.78. The van der Waals surface area contributed by atoms with Gasteiger partial charge in [-0.15, -0.1) is 0 Å². The van der Waals surface area contributed by atoms with Crippen LogP contribution in [0.15, 0.2) is 0 Å². The topological polar surface area (TPSA) is 155 Å². The van der Waals surface area contributed by atoms with Crippen molar-refractivity contribution in [3.05, 3.63) is 0 Å². The zero-order valence-electron chi connectivity index (χ0n) is 9.02. The normalized spacial score (nSPS) is 40.9. The summed E-state index contributed by atoms with van der Waals surface area (Å²) in [6, 6.07) is 0. The van der Waals surface area contributed by atoms with Crippen molar-refractivity contribution in [3.8, 4) is 0 Å². The van der Waals surface area contributed by atoms with Crippen LogP contribution in [0.5, 0.6) is 0 Å². The first-order valence-electron chi connectivity index (χ1n) is 5.26. The molecule has 0 aliphatic heterocycles. The number of hydrogen-bond donors (Lipinski definition) is 4. The Balaban J connectivity index is 2.18. The number of rotatable bonds is 5. The molecule has 98 valence electrons. The van der Waals surface area contributed by atoms with Crippen LogP contribution in [0.3, 0.4) is 0 Å². The summed E-state index contributed by atoms with van der Waals surface area (Å²) in [5.74, 6) is -10.5. The molecule has 2 saturated carbocycles. The van der Waals surface area contributed by atoms with Crippen molar-refractivity contribution in [3.63, 3.8) is 0 Å². The van der Waals surface area contributed by atoms with E-state index in [9.17, 15) is 19.2 Å². The molecule has 0 aromatic heterocycles. The summed E-state index contributed by atoms with van der Waals surface area (Å²) in [4.78, 5) is 43.6. The largest absolute Gasteiger partial charge is 0.481 e. The van der Waals surface area contributed by atoms with Crippen molar-refractivity contribution in [2.75, 3.05) is 0 Å². The summed E-state index contributed by atoms with van der Waals surface area (Å²) < 4.78 is 0. The highest BCUT2D eigenvalue weighted by Crippen LogP contribution is 2.64. The minimum atomic E-state index is -1.29. The lowest BCUT2D eigenvalue weighted by Crippen LogP contribution is -2.17. The Hall–Kier alpha value is -2.12. The van der Waals surface area contributed by atoms with E-state index < -0.39 is 59.3 Å². The molecule has 8 nitrogen and oxygen atoms in total. The van der Waals surface area contributed by atoms with Crippen molar-refractivity contribution < 1.29 is 34.5 Å². The zero-order valence-corrected chi connectivity index (χ0v) is 9.02. The average Bonchev–Trinajstić information content (AvgIpc) is 3.08. The predicted octanol–water partition coefficient (Wildman–Crippen LogP) is -1.55. The Morgan fingerprint density at radius 1 is 0.667 bits per heavy atom. The first-order chi connectivity index (χ1) is 8.29. The van der Waals surface area contributed by atoms with Gasteiger partial charge in [-0.2, -0.15) is 0 Å². The fourth-order valence-electron chi connectivity index (χ4n) is 2.95. The molecule has 0 heterocycles. The Morgan fingerprint density at radius 3 is 1.17 bits per heavy atom. The van der Waals surface area contributed by atoms with Gasteiger partial charge < -0.3 is 21.1 Å². The third kappa shape index (κ3) is 1.60. The number of aliphatic carboxylic acids is 3. The molecule has 0 spiro atoms. The summed E-state index contributed by atoms with van der Waals surface area (Å²) in [6.45, 7) is 0. The van der Waals surface area contributed by atoms with Gasteiger partial charge >= 0.3 is 17.9 Å². The molecule has 2 rings (SSSR count). The standard InChI is InChI=1S/C10H11NO7/c11-7(12)3-1(4(3)8(13)14)2-5(9(15)16)6(2)10(17)18/h1-6H,(H2,11,12)(H,13,14)(H,15,16)(H,17,18). The van der Waals surface area contributed by atoms with Gasteiger partial charge in [0.1, 0.15) is 0 Å². The van der Waals surface area contributed by atoms with E-state index in [2.05, 4.69) is 0 Å². The number of primary amides is 1. The molecule has 2 aliphatic rings. The first kappa shape index (κ1) is 12.3. The average molecular weight is 257 g/mol. The molecular weight excluding hydrogens is 246 g/mol. The lowest BCUT2D eigenvalue weighted by atomic mass is 10.1. The van der Waals surface area contributed by atoms with Gasteiger partial charge in [-0.05, 0) is 11.8 Å². The van der Waals surface area contributed by atoms with Gasteiger partial charge in [-0.25, -0.2) is 0 Å². The number of hydrogen-bond acceptors (Lipinski definition) is 4. The highest BCUT2D eigenvalue weighted by molar-refractivity contribution is 5.92. The molecule has 5 N–H and O–H groups in total. The van der Waals surface area contributed by atoms with Crippen molar-refractivity contribution >= 4 is 23.8 Å². The molecule has 0 aromatic carbocycles. The van der Waals surface area contributed by atoms with E-state index in [0.717, 1.165) is 0 Å². The number of carboxylic acid groups (broad SMARTS) is 3. The number of carboxylic acids is 3. The van der Waals surface area contributed by atoms with E-state index in [0.29, 0.717) is 0 Å². The van der Waals surface area contributed by atoms with Crippen molar-refractivity contribution in [1.82, 2.24) is 0 Å². The van der Waals surface area contributed by atoms with Crippen molar-refractivity contribution in [2.24, 2.45) is 41.2 Å². The lowest BCUT2D eigenvalue weighted by molar-refractivity contribution is -0.144. The van der Waals surface area contributed by atoms with Crippen LogP contribution in [-0.4, -0.2) is 39.1 Å². The number of amides is 1. The van der Waals surface area contributed by atoms with Gasteiger partial charge in [0.2, 0.25) is 5.91 Å². The molecule has 18 heavy (non-hydrogen) atoms. The molecule has 0 radical (unpaired) electrons. The van der Waals surface area contributed by atoms with Crippen LogP contribution in [0.1, 0.15) is 0 Å². The van der Waals surface area contributed by atoms with E-state index >= 15 is 0 Å². The minimum absolute atomic E-state index is 0.776. The van der Waals surface area contributed by atoms with Gasteiger partial charge in [0.05, 0.1) is 23.7 Å². The molecule has 5 unspecified atom stereocenters. The van der Waals surface area contributed by atoms with E-state index in [1.165, 1.54) is 0 Å². The van der Waals surface area contributed by atoms with E-state index in [1.54, 1.807) is 0 Å². The molecule has 2 aliphatic carbocycles. The van der Waals surface area contributed by atoms with Crippen LogP contribution < -0.4 is 5.73 Å². The minimum Gasteiger partial charge on any atom is -0.481 e. The monoisotopic (exact) mass is 257 g/mol. The second kappa shape index (κ2) is 3.69. The zero-order chi connectivity index (χ0) is 13.8. The van der Waals surface area contributed by atoms with Gasteiger partial charge in [-0.3, -0.25) is 19.2 Å². The summed E-state index contributed by atoms with van der Waals surface area (Å²) in [7, 11) is 0. The van der Waals surface area contributed by atoms with Gasteiger partial charge in [0.25, 0.3) is 0 Å². The smallest absolute Gasteiger partial charge is 0.307 e. The summed E-state index contributed by atoms with van der Waals surface area (Å²) in [5, 5.41) is 26.6. The van der Waals surface area contributed by atoms with Crippen molar-refractivity contribution in [2.45, 2.75) is 0 Å². The van der Waals surface area contributed by atoms with Crippen LogP contribution in [0.25, 0.3) is 0 Å². The van der Waals surface area contributed by atoms with Gasteiger partial charge in [-0.1, -0.05) is 0 Å². The highest BCUT2D eigenvalue weighted by atomic mass is 16.4. The number of carbonyl (C=O) groups excluding carboxylic acids is 1. The maximum Gasteiger partial charge on any atom is 0.307 e. The molecule has 0 saturated heterocycles. The second-order valence-corrected chi connectivity index (χ2v) is 4.67. The molecule has 5 atom stereocenters. The summed E-state index contributed by atoms with van der Waals surface area (Å²) >= 11 is 0. The Kier molecular flexibility index (Phi) is 2.53. The van der Waals surface area contributed by atoms with Crippen LogP contribution in [0.2, 0.25) is 0 Å². The van der Waals surface area contributed by atoms with Crippen LogP contribution >= 0.6 is 0 Å². The Labute approximate surface area is 100 Å². The van der Waals surface area contributed by atoms with Crippen molar-refractivity contribution in [1.29, 1.82) is 0 Å². The SMILES string of the molecule is NC(=O)C1C(C(=O)O)C1C1C(C(=O)O)C1C(=O)O. The second-order valence-electron chi connectivity index (χ2n) is 4.67. The van der Waals surface area contributed by atoms with Crippen LogP contribution in [-0.2, 0) is 19.2 Å². The fourth-order valence-corrected chi connectivity index (χ4v) is 2.95. The first-order valence-corrected chi connectivity index (χ1v) is 5.26. The molecule has 0 aromatic rings. The Morgan fingerprint density at radius 2 is 0.944 bits per heavy atom. The van der Waals surface area contributed by atoms with Gasteiger partial charge in [0.15, 0.2) is 0 Å². The quantitative estimate of drug-likeness (QED) is 0.464. The number of carbonyl (C=O) groups is 4. The molecule has 0 bridgehead atoms. The van der Waals surface area contributed by atoms with Crippen LogP contribution in [0.4, 0.5) is 0 Å². The predicted molar refractivity (Wildman–Crippen MR) is 53.0 cm³/mol. The van der Waals surface area contributed by atoms with E-state index in [-0.39, 0.29) is 0 Å². The lowest BCUT2D eigenvalue weighted by Gasteiger charge is -1.93. The summed E-state index contributed by atoms with van der Waals surface area (Å²) in [5.41, 5.74) is 5.03. The van der Waals surface area contributed by atoms with E-state index in [1.807, 2.05) is 0 Å².